The van der Waals surface area contributed by atoms with Crippen molar-refractivity contribution in [2.75, 3.05) is 46.4 Å². The van der Waals surface area contributed by atoms with Gasteiger partial charge in [-0.2, -0.15) is 0 Å². The zero-order valence-electron chi connectivity index (χ0n) is 14.9. The van der Waals surface area contributed by atoms with Gasteiger partial charge in [-0.3, -0.25) is 9.59 Å². The lowest BCUT2D eigenvalue weighted by Crippen LogP contribution is -2.51. The molecule has 0 bridgehead atoms. The molecule has 25 heavy (non-hydrogen) atoms. The summed E-state index contributed by atoms with van der Waals surface area (Å²) in [5.74, 6) is 0.548. The van der Waals surface area contributed by atoms with Crippen LogP contribution in [0.4, 0.5) is 0 Å². The minimum atomic E-state index is -0.259. The Labute approximate surface area is 148 Å². The van der Waals surface area contributed by atoms with E-state index in [0.29, 0.717) is 50.6 Å². The fourth-order valence-corrected chi connectivity index (χ4v) is 2.84. The van der Waals surface area contributed by atoms with Crippen LogP contribution in [0, 0.1) is 0 Å². The van der Waals surface area contributed by atoms with Gasteiger partial charge in [-0.1, -0.05) is 12.1 Å². The Balaban J connectivity index is 1.93. The molecule has 0 aromatic heterocycles. The Bertz CT molecular complexity index is 581. The molecule has 138 valence electrons. The van der Waals surface area contributed by atoms with Gasteiger partial charge in [0.1, 0.15) is 5.75 Å². The molecule has 1 atom stereocenters. The second-order valence-corrected chi connectivity index (χ2v) is 5.90. The van der Waals surface area contributed by atoms with Crippen LogP contribution in [-0.4, -0.2) is 74.2 Å². The molecule has 0 radical (unpaired) electrons. The van der Waals surface area contributed by atoms with Crippen LogP contribution in [0.15, 0.2) is 24.3 Å². The minimum Gasteiger partial charge on any atom is -0.493 e. The van der Waals surface area contributed by atoms with Gasteiger partial charge in [0.05, 0.1) is 24.7 Å². The van der Waals surface area contributed by atoms with E-state index in [-0.39, 0.29) is 24.3 Å². The van der Waals surface area contributed by atoms with E-state index in [1.165, 1.54) is 0 Å². The fourth-order valence-electron chi connectivity index (χ4n) is 2.84. The number of carbonyl (C=O) groups excluding carboxylic acids is 2. The quantitative estimate of drug-likeness (QED) is 0.784. The van der Waals surface area contributed by atoms with Gasteiger partial charge in [-0.15, -0.1) is 0 Å². The molecule has 0 spiro atoms. The molecule has 1 fully saturated rings. The summed E-state index contributed by atoms with van der Waals surface area (Å²) in [6.45, 7) is 4.75. The van der Waals surface area contributed by atoms with E-state index in [1.54, 1.807) is 29.0 Å². The smallest absolute Gasteiger partial charge is 0.257 e. The number of para-hydroxylation sites is 1. The fraction of sp³-hybridized carbons (Fsp3) is 0.556. The maximum absolute atomic E-state index is 12.7. The lowest BCUT2D eigenvalue weighted by Gasteiger charge is -2.35. The number of rotatable bonds is 7. The van der Waals surface area contributed by atoms with Crippen molar-refractivity contribution in [1.29, 1.82) is 0 Å². The maximum Gasteiger partial charge on any atom is 0.257 e. The van der Waals surface area contributed by atoms with Gasteiger partial charge in [-0.25, -0.2) is 0 Å². The number of hydrogen-bond acceptors (Lipinski definition) is 5. The number of methoxy groups -OCH3 is 1. The Morgan fingerprint density at radius 1 is 1.16 bits per heavy atom. The zero-order valence-corrected chi connectivity index (χ0v) is 14.9. The van der Waals surface area contributed by atoms with Gasteiger partial charge in [0, 0.05) is 39.8 Å². The number of carbonyl (C=O) groups is 2. The van der Waals surface area contributed by atoms with Gasteiger partial charge in [0.15, 0.2) is 0 Å². The predicted octanol–water partition coefficient (Wildman–Crippen LogP) is 0.734. The van der Waals surface area contributed by atoms with Crippen LogP contribution in [0.2, 0.25) is 0 Å². The summed E-state index contributed by atoms with van der Waals surface area (Å²) < 4.78 is 10.7. The third-order valence-electron chi connectivity index (χ3n) is 4.34. The zero-order chi connectivity index (χ0) is 18.2. The third kappa shape index (κ3) is 4.93. The van der Waals surface area contributed by atoms with Crippen molar-refractivity contribution in [1.82, 2.24) is 9.80 Å². The number of nitrogens with zero attached hydrogens (tertiary/aromatic N) is 2. The Morgan fingerprint density at radius 2 is 1.80 bits per heavy atom. The van der Waals surface area contributed by atoms with Crippen molar-refractivity contribution in [2.45, 2.75) is 19.4 Å². The lowest BCUT2D eigenvalue weighted by atomic mass is 10.1. The number of ether oxygens (including phenoxy) is 2. The van der Waals surface area contributed by atoms with Crippen molar-refractivity contribution in [3.05, 3.63) is 29.8 Å². The van der Waals surface area contributed by atoms with Crippen LogP contribution in [0.25, 0.3) is 0 Å². The maximum atomic E-state index is 12.7. The average Bonchev–Trinajstić information content (AvgIpc) is 2.66. The number of amides is 2. The van der Waals surface area contributed by atoms with Crippen molar-refractivity contribution in [2.24, 2.45) is 5.73 Å². The molecule has 0 saturated carbocycles. The van der Waals surface area contributed by atoms with E-state index in [0.717, 1.165) is 0 Å². The molecule has 1 aliphatic heterocycles. The van der Waals surface area contributed by atoms with Gasteiger partial charge < -0.3 is 25.0 Å². The van der Waals surface area contributed by atoms with E-state index in [1.807, 2.05) is 19.1 Å². The Kier molecular flexibility index (Phi) is 7.21. The molecular formula is C18H27N3O4. The Morgan fingerprint density at radius 3 is 2.40 bits per heavy atom. The molecule has 2 N–H and O–H groups in total. The summed E-state index contributed by atoms with van der Waals surface area (Å²) in [5, 5.41) is 0. The topological polar surface area (TPSA) is 85.1 Å². The van der Waals surface area contributed by atoms with Crippen LogP contribution in [0.1, 0.15) is 23.7 Å². The molecule has 2 amide bonds. The molecule has 1 heterocycles. The van der Waals surface area contributed by atoms with E-state index < -0.39 is 0 Å². The number of hydrogen-bond donors (Lipinski definition) is 1. The molecule has 1 aromatic carbocycles. The first-order chi connectivity index (χ1) is 12.1. The predicted molar refractivity (Wildman–Crippen MR) is 94.6 cm³/mol. The average molecular weight is 349 g/mol. The van der Waals surface area contributed by atoms with Gasteiger partial charge in [0.2, 0.25) is 5.91 Å². The number of benzene rings is 1. The minimum absolute atomic E-state index is 0.0131. The van der Waals surface area contributed by atoms with E-state index >= 15 is 0 Å². The van der Waals surface area contributed by atoms with E-state index in [4.69, 9.17) is 15.2 Å². The summed E-state index contributed by atoms with van der Waals surface area (Å²) >= 11 is 0. The molecule has 0 aliphatic carbocycles. The normalized spacial score (nSPS) is 15.8. The number of nitrogens with two attached hydrogens (primary N) is 1. The highest BCUT2D eigenvalue weighted by molar-refractivity contribution is 5.97. The van der Waals surface area contributed by atoms with Crippen LogP contribution in [-0.2, 0) is 9.53 Å². The van der Waals surface area contributed by atoms with Crippen molar-refractivity contribution < 1.29 is 19.1 Å². The summed E-state index contributed by atoms with van der Waals surface area (Å²) in [6, 6.07) is 7.25. The first-order valence-electron chi connectivity index (χ1n) is 8.62. The molecule has 2 rings (SSSR count). The van der Waals surface area contributed by atoms with Gasteiger partial charge in [0.25, 0.3) is 5.91 Å². The molecular weight excluding hydrogens is 322 g/mol. The highest BCUT2D eigenvalue weighted by atomic mass is 16.5. The SMILES string of the molecule is CCOc1ccccc1C(=O)N1CCN(C(=O)CC(CN)OC)CC1. The largest absolute Gasteiger partial charge is 0.493 e. The highest BCUT2D eigenvalue weighted by Crippen LogP contribution is 2.21. The monoisotopic (exact) mass is 349 g/mol. The molecule has 1 unspecified atom stereocenters. The van der Waals surface area contributed by atoms with Gasteiger partial charge in [-0.05, 0) is 19.1 Å². The van der Waals surface area contributed by atoms with Gasteiger partial charge >= 0.3 is 0 Å². The standard InChI is InChI=1S/C18H27N3O4/c1-3-25-16-7-5-4-6-15(16)18(23)21-10-8-20(9-11-21)17(22)12-14(13-19)24-2/h4-7,14H,3,8-13,19H2,1-2H3. The summed E-state index contributed by atoms with van der Waals surface area (Å²) in [6.07, 6.45) is 0.0129. The molecule has 7 heteroatoms. The summed E-state index contributed by atoms with van der Waals surface area (Å²) in [7, 11) is 1.55. The van der Waals surface area contributed by atoms with Crippen LogP contribution in [0.5, 0.6) is 5.75 Å². The van der Waals surface area contributed by atoms with E-state index in [9.17, 15) is 9.59 Å². The summed E-state index contributed by atoms with van der Waals surface area (Å²) in [5.41, 5.74) is 6.13. The number of piperazine rings is 1. The molecule has 1 aromatic rings. The van der Waals surface area contributed by atoms with Crippen LogP contribution >= 0.6 is 0 Å². The molecule has 7 nitrogen and oxygen atoms in total. The van der Waals surface area contributed by atoms with Crippen LogP contribution in [0.3, 0.4) is 0 Å². The second kappa shape index (κ2) is 9.39. The Hall–Kier alpha value is -2.12. The summed E-state index contributed by atoms with van der Waals surface area (Å²) in [4.78, 5) is 28.6. The van der Waals surface area contributed by atoms with Crippen molar-refractivity contribution >= 4 is 11.8 Å². The molecule has 1 aliphatic rings. The first-order valence-corrected chi connectivity index (χ1v) is 8.62. The highest BCUT2D eigenvalue weighted by Gasteiger charge is 2.27. The first kappa shape index (κ1) is 19.2. The lowest BCUT2D eigenvalue weighted by molar-refractivity contribution is -0.135. The molecule has 1 saturated heterocycles. The van der Waals surface area contributed by atoms with Crippen molar-refractivity contribution in [3.63, 3.8) is 0 Å². The van der Waals surface area contributed by atoms with Crippen LogP contribution < -0.4 is 10.5 Å². The van der Waals surface area contributed by atoms with E-state index in [2.05, 4.69) is 0 Å². The second-order valence-electron chi connectivity index (χ2n) is 5.90. The third-order valence-corrected chi connectivity index (χ3v) is 4.34. The van der Waals surface area contributed by atoms with Crippen molar-refractivity contribution in [3.8, 4) is 5.75 Å².